The lowest BCUT2D eigenvalue weighted by molar-refractivity contribution is 0.0680. The van der Waals surface area contributed by atoms with Gasteiger partial charge in [0.15, 0.2) is 0 Å². The molecule has 0 aliphatic carbocycles. The summed E-state index contributed by atoms with van der Waals surface area (Å²) in [6, 6.07) is 6.32. The summed E-state index contributed by atoms with van der Waals surface area (Å²) in [5.41, 5.74) is 1.19. The van der Waals surface area contributed by atoms with Gasteiger partial charge in [-0.1, -0.05) is 24.6 Å². The van der Waals surface area contributed by atoms with Crippen molar-refractivity contribution in [1.82, 2.24) is 5.32 Å². The number of ether oxygens (including phenoxy) is 2. The molecular weight excluding hydrogens is 274 g/mol. The largest absolute Gasteiger partial charge is 0.489 e. The summed E-state index contributed by atoms with van der Waals surface area (Å²) in [5, 5.41) is 4.12. The molecule has 0 aromatic heterocycles. The van der Waals surface area contributed by atoms with E-state index < -0.39 is 0 Å². The van der Waals surface area contributed by atoms with Gasteiger partial charge in [0, 0.05) is 12.6 Å². The van der Waals surface area contributed by atoms with Gasteiger partial charge in [-0.2, -0.15) is 0 Å². The maximum absolute atomic E-state index is 6.30. The van der Waals surface area contributed by atoms with E-state index in [-0.39, 0.29) is 6.10 Å². The highest BCUT2D eigenvalue weighted by Gasteiger charge is 2.17. The van der Waals surface area contributed by atoms with Crippen LogP contribution in [0.5, 0.6) is 5.75 Å². The van der Waals surface area contributed by atoms with Crippen LogP contribution in [0.1, 0.15) is 44.7 Å². The van der Waals surface area contributed by atoms with Gasteiger partial charge in [0.05, 0.1) is 11.1 Å². The molecule has 1 saturated heterocycles. The zero-order chi connectivity index (χ0) is 14.4. The van der Waals surface area contributed by atoms with Crippen molar-refractivity contribution in [2.75, 3.05) is 19.8 Å². The Hall–Kier alpha value is -0.770. The first kappa shape index (κ1) is 15.6. The molecule has 1 heterocycles. The molecule has 0 saturated carbocycles. The van der Waals surface area contributed by atoms with Crippen molar-refractivity contribution in [3.63, 3.8) is 0 Å². The quantitative estimate of drug-likeness (QED) is 0.826. The summed E-state index contributed by atoms with van der Waals surface area (Å²) in [7, 11) is 0. The molecule has 0 spiro atoms. The Morgan fingerprint density at radius 3 is 3.00 bits per heavy atom. The van der Waals surface area contributed by atoms with Crippen LogP contribution in [0.4, 0.5) is 0 Å². The summed E-state index contributed by atoms with van der Waals surface area (Å²) in [5.74, 6) is 0.744. The minimum atomic E-state index is 0.218. The highest BCUT2D eigenvalue weighted by Crippen LogP contribution is 2.28. The van der Waals surface area contributed by atoms with Crippen LogP contribution in [-0.4, -0.2) is 25.9 Å². The smallest absolute Gasteiger partial charge is 0.138 e. The van der Waals surface area contributed by atoms with Gasteiger partial charge in [-0.25, -0.2) is 0 Å². The third kappa shape index (κ3) is 4.37. The standard InChI is InChI=1S/C16H24ClNO2/c1-3-8-18-12(2)13-6-7-16(15(17)10-13)20-11-14-5-4-9-19-14/h6-7,10,12,14,18H,3-5,8-9,11H2,1-2H3. The molecule has 4 heteroatoms. The molecule has 112 valence electrons. The van der Waals surface area contributed by atoms with Crippen LogP contribution in [0.15, 0.2) is 18.2 Å². The van der Waals surface area contributed by atoms with Crippen LogP contribution >= 0.6 is 11.6 Å². The molecule has 1 aliphatic heterocycles. The van der Waals surface area contributed by atoms with E-state index in [1.54, 1.807) is 0 Å². The second-order valence-electron chi connectivity index (χ2n) is 5.31. The SMILES string of the molecule is CCCNC(C)c1ccc(OCC2CCCO2)c(Cl)c1. The molecule has 2 atom stereocenters. The molecule has 20 heavy (non-hydrogen) atoms. The highest BCUT2D eigenvalue weighted by atomic mass is 35.5. The third-order valence-corrected chi connectivity index (χ3v) is 3.90. The van der Waals surface area contributed by atoms with E-state index in [9.17, 15) is 0 Å². The lowest BCUT2D eigenvalue weighted by Gasteiger charge is -2.16. The fourth-order valence-corrected chi connectivity index (χ4v) is 2.58. The summed E-state index contributed by atoms with van der Waals surface area (Å²) in [4.78, 5) is 0. The Labute approximate surface area is 126 Å². The topological polar surface area (TPSA) is 30.5 Å². The molecule has 0 bridgehead atoms. The molecule has 3 nitrogen and oxygen atoms in total. The first-order valence-electron chi connectivity index (χ1n) is 7.48. The van der Waals surface area contributed by atoms with Crippen molar-refractivity contribution >= 4 is 11.6 Å². The molecule has 1 aliphatic rings. The molecule has 0 amide bonds. The molecule has 0 radical (unpaired) electrons. The van der Waals surface area contributed by atoms with Crippen molar-refractivity contribution in [2.45, 2.75) is 45.3 Å². The van der Waals surface area contributed by atoms with Gasteiger partial charge in [0.25, 0.3) is 0 Å². The van der Waals surface area contributed by atoms with E-state index >= 15 is 0 Å². The van der Waals surface area contributed by atoms with Crippen LogP contribution < -0.4 is 10.1 Å². The number of nitrogens with one attached hydrogen (secondary N) is 1. The Bertz CT molecular complexity index is 419. The Morgan fingerprint density at radius 2 is 2.35 bits per heavy atom. The molecule has 1 fully saturated rings. The number of hydrogen-bond donors (Lipinski definition) is 1. The maximum Gasteiger partial charge on any atom is 0.138 e. The first-order chi connectivity index (χ1) is 9.70. The zero-order valence-corrected chi connectivity index (χ0v) is 13.1. The minimum Gasteiger partial charge on any atom is -0.489 e. The summed E-state index contributed by atoms with van der Waals surface area (Å²) < 4.78 is 11.3. The Morgan fingerprint density at radius 1 is 1.50 bits per heavy atom. The van der Waals surface area contributed by atoms with E-state index in [4.69, 9.17) is 21.1 Å². The average Bonchev–Trinajstić information content (AvgIpc) is 2.96. The Balaban J connectivity index is 1.91. The first-order valence-corrected chi connectivity index (χ1v) is 7.85. The van der Waals surface area contributed by atoms with E-state index in [2.05, 4.69) is 25.2 Å². The van der Waals surface area contributed by atoms with Crippen molar-refractivity contribution in [3.05, 3.63) is 28.8 Å². The molecule has 1 aromatic rings. The number of halogens is 1. The Kier molecular flexibility index (Phi) is 6.14. The number of rotatable bonds is 7. The maximum atomic E-state index is 6.30. The normalized spacial score (nSPS) is 20.1. The van der Waals surface area contributed by atoms with E-state index in [0.29, 0.717) is 17.7 Å². The monoisotopic (exact) mass is 297 g/mol. The highest BCUT2D eigenvalue weighted by molar-refractivity contribution is 6.32. The average molecular weight is 298 g/mol. The van der Waals surface area contributed by atoms with Gasteiger partial charge in [-0.3, -0.25) is 0 Å². The van der Waals surface area contributed by atoms with Gasteiger partial charge in [-0.05, 0) is 50.4 Å². The van der Waals surface area contributed by atoms with Gasteiger partial charge in [-0.15, -0.1) is 0 Å². The van der Waals surface area contributed by atoms with Gasteiger partial charge in [0.2, 0.25) is 0 Å². The van der Waals surface area contributed by atoms with Gasteiger partial charge in [0.1, 0.15) is 12.4 Å². The number of benzene rings is 1. The summed E-state index contributed by atoms with van der Waals surface area (Å²) in [6.45, 7) is 6.75. The van der Waals surface area contributed by atoms with Crippen LogP contribution in [0.2, 0.25) is 5.02 Å². The lowest BCUT2D eigenvalue weighted by Crippen LogP contribution is -2.19. The van der Waals surface area contributed by atoms with E-state index in [1.165, 1.54) is 5.56 Å². The van der Waals surface area contributed by atoms with Crippen LogP contribution in [0.25, 0.3) is 0 Å². The van der Waals surface area contributed by atoms with Crippen molar-refractivity contribution < 1.29 is 9.47 Å². The molecule has 2 unspecified atom stereocenters. The van der Waals surface area contributed by atoms with Gasteiger partial charge >= 0.3 is 0 Å². The van der Waals surface area contributed by atoms with Crippen LogP contribution in [0.3, 0.4) is 0 Å². The lowest BCUT2D eigenvalue weighted by atomic mass is 10.1. The summed E-state index contributed by atoms with van der Waals surface area (Å²) in [6.07, 6.45) is 3.55. The third-order valence-electron chi connectivity index (χ3n) is 3.61. The van der Waals surface area contributed by atoms with Gasteiger partial charge < -0.3 is 14.8 Å². The fraction of sp³-hybridized carbons (Fsp3) is 0.625. The van der Waals surface area contributed by atoms with Crippen LogP contribution in [-0.2, 0) is 4.74 Å². The minimum absolute atomic E-state index is 0.218. The zero-order valence-electron chi connectivity index (χ0n) is 12.3. The van der Waals surface area contributed by atoms with Crippen molar-refractivity contribution in [2.24, 2.45) is 0 Å². The molecule has 1 N–H and O–H groups in total. The van der Waals surface area contributed by atoms with Crippen LogP contribution in [0, 0.1) is 0 Å². The predicted octanol–water partition coefficient (Wildman–Crippen LogP) is 3.96. The van der Waals surface area contributed by atoms with Crippen molar-refractivity contribution in [1.29, 1.82) is 0 Å². The van der Waals surface area contributed by atoms with E-state index in [0.717, 1.165) is 38.2 Å². The fourth-order valence-electron chi connectivity index (χ4n) is 2.34. The molecular formula is C16H24ClNO2. The second-order valence-corrected chi connectivity index (χ2v) is 5.72. The summed E-state index contributed by atoms with van der Waals surface area (Å²) >= 11 is 6.30. The second kappa shape index (κ2) is 7.87. The number of hydrogen-bond acceptors (Lipinski definition) is 3. The molecule has 1 aromatic carbocycles. The van der Waals surface area contributed by atoms with E-state index in [1.807, 2.05) is 12.1 Å². The predicted molar refractivity (Wildman–Crippen MR) is 82.6 cm³/mol. The molecule has 2 rings (SSSR count). The van der Waals surface area contributed by atoms with Crippen molar-refractivity contribution in [3.8, 4) is 5.75 Å².